The van der Waals surface area contributed by atoms with Crippen molar-refractivity contribution in [1.82, 2.24) is 5.32 Å². The summed E-state index contributed by atoms with van der Waals surface area (Å²) in [6, 6.07) is 6.94. The van der Waals surface area contributed by atoms with Gasteiger partial charge in [-0.05, 0) is 49.8 Å². The average Bonchev–Trinajstić information content (AvgIpc) is 3.06. The summed E-state index contributed by atoms with van der Waals surface area (Å²) in [7, 11) is 0. The molecule has 1 fully saturated rings. The Morgan fingerprint density at radius 2 is 2.11 bits per heavy atom. The molecule has 1 aliphatic carbocycles. The first-order valence-electron chi connectivity index (χ1n) is 6.72. The first-order valence-corrected chi connectivity index (χ1v) is 6.72. The Morgan fingerprint density at radius 3 is 2.67 bits per heavy atom. The van der Waals surface area contributed by atoms with Gasteiger partial charge in [0.05, 0.1) is 0 Å². The van der Waals surface area contributed by atoms with Crippen molar-refractivity contribution in [2.24, 2.45) is 17.6 Å². The molecule has 2 nitrogen and oxygen atoms in total. The van der Waals surface area contributed by atoms with Crippen LogP contribution in [-0.2, 0) is 6.42 Å². The van der Waals surface area contributed by atoms with Crippen LogP contribution in [0.1, 0.15) is 25.8 Å². The standard InChI is InChI=1S/C15H23FN2/c1-11-7-13(11)9-18-15(2,10-17)8-12-5-3-4-6-14(12)16/h3-6,11,13,18H,7-10,17H2,1-2H3. The number of halogens is 1. The van der Waals surface area contributed by atoms with Crippen molar-refractivity contribution in [1.29, 1.82) is 0 Å². The van der Waals surface area contributed by atoms with Gasteiger partial charge in [-0.3, -0.25) is 0 Å². The number of hydrogen-bond donors (Lipinski definition) is 2. The van der Waals surface area contributed by atoms with E-state index >= 15 is 0 Å². The summed E-state index contributed by atoms with van der Waals surface area (Å²) in [6.45, 7) is 5.85. The maximum absolute atomic E-state index is 13.7. The lowest BCUT2D eigenvalue weighted by molar-refractivity contribution is 0.348. The molecule has 1 saturated carbocycles. The molecule has 0 aliphatic heterocycles. The minimum absolute atomic E-state index is 0.140. The summed E-state index contributed by atoms with van der Waals surface area (Å²) in [5.74, 6) is 1.46. The van der Waals surface area contributed by atoms with E-state index in [1.165, 1.54) is 12.5 Å². The van der Waals surface area contributed by atoms with Crippen molar-refractivity contribution in [3.05, 3.63) is 35.6 Å². The van der Waals surface area contributed by atoms with E-state index in [1.807, 2.05) is 12.1 Å². The van der Waals surface area contributed by atoms with Crippen LogP contribution in [0.15, 0.2) is 24.3 Å². The molecule has 3 heteroatoms. The molecular formula is C15H23FN2. The number of nitrogens with one attached hydrogen (secondary N) is 1. The minimum atomic E-state index is -0.218. The van der Waals surface area contributed by atoms with Gasteiger partial charge in [0.2, 0.25) is 0 Å². The zero-order chi connectivity index (χ0) is 13.2. The molecule has 0 saturated heterocycles. The topological polar surface area (TPSA) is 38.0 Å². The third-order valence-electron chi connectivity index (χ3n) is 4.06. The number of rotatable bonds is 6. The molecule has 3 atom stereocenters. The molecule has 0 amide bonds. The second kappa shape index (κ2) is 5.37. The van der Waals surface area contributed by atoms with E-state index < -0.39 is 0 Å². The summed E-state index contributed by atoms with van der Waals surface area (Å²) in [5.41, 5.74) is 6.38. The van der Waals surface area contributed by atoms with Gasteiger partial charge >= 0.3 is 0 Å². The third kappa shape index (κ3) is 3.30. The van der Waals surface area contributed by atoms with E-state index in [0.717, 1.165) is 23.9 Å². The van der Waals surface area contributed by atoms with Crippen molar-refractivity contribution in [2.45, 2.75) is 32.2 Å². The Labute approximate surface area is 109 Å². The highest BCUT2D eigenvalue weighted by Crippen LogP contribution is 2.37. The summed E-state index contributed by atoms with van der Waals surface area (Å²) in [6.07, 6.45) is 1.94. The van der Waals surface area contributed by atoms with Crippen molar-refractivity contribution < 1.29 is 4.39 Å². The van der Waals surface area contributed by atoms with Crippen LogP contribution in [0.3, 0.4) is 0 Å². The molecule has 0 aromatic heterocycles. The Balaban J connectivity index is 1.96. The van der Waals surface area contributed by atoms with Gasteiger partial charge in [-0.25, -0.2) is 4.39 Å². The SMILES string of the molecule is CC1CC1CNC(C)(CN)Cc1ccccc1F. The van der Waals surface area contributed by atoms with Crippen LogP contribution in [0.2, 0.25) is 0 Å². The second-order valence-corrected chi connectivity index (χ2v) is 5.89. The van der Waals surface area contributed by atoms with Crippen LogP contribution in [0.4, 0.5) is 4.39 Å². The molecule has 3 N–H and O–H groups in total. The maximum atomic E-state index is 13.7. The largest absolute Gasteiger partial charge is 0.329 e. The predicted molar refractivity (Wildman–Crippen MR) is 72.8 cm³/mol. The predicted octanol–water partition coefficient (Wildman–Crippen LogP) is 2.33. The van der Waals surface area contributed by atoms with Crippen molar-refractivity contribution in [3.8, 4) is 0 Å². The van der Waals surface area contributed by atoms with Gasteiger partial charge in [0, 0.05) is 12.1 Å². The highest BCUT2D eigenvalue weighted by Gasteiger charge is 2.34. The van der Waals surface area contributed by atoms with E-state index in [-0.39, 0.29) is 11.4 Å². The quantitative estimate of drug-likeness (QED) is 0.813. The highest BCUT2D eigenvalue weighted by atomic mass is 19.1. The van der Waals surface area contributed by atoms with E-state index in [1.54, 1.807) is 6.07 Å². The summed E-state index contributed by atoms with van der Waals surface area (Å²) >= 11 is 0. The Morgan fingerprint density at radius 1 is 1.44 bits per heavy atom. The van der Waals surface area contributed by atoms with E-state index in [2.05, 4.69) is 19.2 Å². The fourth-order valence-corrected chi connectivity index (χ4v) is 2.33. The molecule has 1 aromatic carbocycles. The van der Waals surface area contributed by atoms with Crippen LogP contribution in [0, 0.1) is 17.7 Å². The lowest BCUT2D eigenvalue weighted by Gasteiger charge is -2.30. The zero-order valence-electron chi connectivity index (χ0n) is 11.2. The number of nitrogens with two attached hydrogens (primary N) is 1. The Bertz CT molecular complexity index is 407. The molecule has 100 valence electrons. The van der Waals surface area contributed by atoms with Crippen LogP contribution in [0.5, 0.6) is 0 Å². The molecule has 0 spiro atoms. The van der Waals surface area contributed by atoms with Gasteiger partial charge in [0.25, 0.3) is 0 Å². The normalized spacial score (nSPS) is 25.8. The van der Waals surface area contributed by atoms with Gasteiger partial charge in [-0.2, -0.15) is 0 Å². The van der Waals surface area contributed by atoms with Crippen LogP contribution in [-0.4, -0.2) is 18.6 Å². The molecule has 0 bridgehead atoms. The molecule has 2 rings (SSSR count). The van der Waals surface area contributed by atoms with Gasteiger partial charge in [0.1, 0.15) is 5.82 Å². The molecule has 3 unspecified atom stereocenters. The molecule has 0 radical (unpaired) electrons. The fraction of sp³-hybridized carbons (Fsp3) is 0.600. The van der Waals surface area contributed by atoms with E-state index in [0.29, 0.717) is 13.0 Å². The molecule has 0 heterocycles. The molecule has 1 aliphatic rings. The van der Waals surface area contributed by atoms with Crippen molar-refractivity contribution in [2.75, 3.05) is 13.1 Å². The molecule has 1 aromatic rings. The third-order valence-corrected chi connectivity index (χ3v) is 4.06. The lowest BCUT2D eigenvalue weighted by Crippen LogP contribution is -2.51. The average molecular weight is 250 g/mol. The highest BCUT2D eigenvalue weighted by molar-refractivity contribution is 5.20. The van der Waals surface area contributed by atoms with E-state index in [4.69, 9.17) is 5.73 Å². The number of hydrogen-bond acceptors (Lipinski definition) is 2. The van der Waals surface area contributed by atoms with E-state index in [9.17, 15) is 4.39 Å². The van der Waals surface area contributed by atoms with Crippen molar-refractivity contribution >= 4 is 0 Å². The van der Waals surface area contributed by atoms with Gasteiger partial charge < -0.3 is 11.1 Å². The van der Waals surface area contributed by atoms with Crippen LogP contribution < -0.4 is 11.1 Å². The van der Waals surface area contributed by atoms with Crippen LogP contribution in [0.25, 0.3) is 0 Å². The monoisotopic (exact) mass is 250 g/mol. The summed E-state index contributed by atoms with van der Waals surface area (Å²) in [5, 5.41) is 3.52. The van der Waals surface area contributed by atoms with Gasteiger partial charge in [-0.1, -0.05) is 25.1 Å². The molecule has 18 heavy (non-hydrogen) atoms. The molecular weight excluding hydrogens is 227 g/mol. The first-order chi connectivity index (χ1) is 8.54. The minimum Gasteiger partial charge on any atom is -0.329 e. The zero-order valence-corrected chi connectivity index (χ0v) is 11.2. The number of benzene rings is 1. The fourth-order valence-electron chi connectivity index (χ4n) is 2.33. The second-order valence-electron chi connectivity index (χ2n) is 5.89. The summed E-state index contributed by atoms with van der Waals surface area (Å²) < 4.78 is 13.7. The maximum Gasteiger partial charge on any atom is 0.126 e. The van der Waals surface area contributed by atoms with Gasteiger partial charge in [-0.15, -0.1) is 0 Å². The lowest BCUT2D eigenvalue weighted by atomic mass is 9.92. The summed E-state index contributed by atoms with van der Waals surface area (Å²) in [4.78, 5) is 0. The smallest absolute Gasteiger partial charge is 0.126 e. The van der Waals surface area contributed by atoms with Crippen molar-refractivity contribution in [3.63, 3.8) is 0 Å². The van der Waals surface area contributed by atoms with Crippen LogP contribution >= 0.6 is 0 Å². The van der Waals surface area contributed by atoms with Gasteiger partial charge in [0.15, 0.2) is 0 Å². The first kappa shape index (κ1) is 13.5. The Hall–Kier alpha value is -0.930. The Kier molecular flexibility index (Phi) is 4.03.